The summed E-state index contributed by atoms with van der Waals surface area (Å²) in [4.78, 5) is 28.6. The normalized spacial score (nSPS) is 15.2. The molecular weight excluding hydrogens is 352 g/mol. The molecular formula is C20H29ClN2O3. The van der Waals surface area contributed by atoms with Gasteiger partial charge in [-0.3, -0.25) is 9.59 Å². The van der Waals surface area contributed by atoms with Crippen LogP contribution in [-0.4, -0.2) is 58.5 Å². The monoisotopic (exact) mass is 380 g/mol. The molecule has 26 heavy (non-hydrogen) atoms. The van der Waals surface area contributed by atoms with Gasteiger partial charge in [0.1, 0.15) is 0 Å². The number of piperazine rings is 1. The van der Waals surface area contributed by atoms with Crippen LogP contribution in [0, 0.1) is 0 Å². The number of amides is 2. The van der Waals surface area contributed by atoms with Crippen molar-refractivity contribution < 1.29 is 14.7 Å². The smallest absolute Gasteiger partial charge is 0.253 e. The van der Waals surface area contributed by atoms with E-state index in [1.807, 2.05) is 13.8 Å². The van der Waals surface area contributed by atoms with Crippen molar-refractivity contribution in [2.24, 2.45) is 0 Å². The SMILES string of the molecule is CCCC(O)(CCC)CC(=O)N1CCN(C(=O)c2ccc(Cl)cc2)CC1. The van der Waals surface area contributed by atoms with Gasteiger partial charge in [-0.1, -0.05) is 38.3 Å². The Balaban J connectivity index is 1.89. The van der Waals surface area contributed by atoms with Crippen LogP contribution in [0.4, 0.5) is 0 Å². The number of hydrogen-bond acceptors (Lipinski definition) is 3. The first kappa shape index (κ1) is 20.7. The van der Waals surface area contributed by atoms with Crippen molar-refractivity contribution in [3.8, 4) is 0 Å². The number of carbonyl (C=O) groups is 2. The van der Waals surface area contributed by atoms with Crippen LogP contribution in [0.5, 0.6) is 0 Å². The van der Waals surface area contributed by atoms with Crippen molar-refractivity contribution in [3.63, 3.8) is 0 Å². The van der Waals surface area contributed by atoms with E-state index in [1.165, 1.54) is 0 Å². The fraction of sp³-hybridized carbons (Fsp3) is 0.600. The lowest BCUT2D eigenvalue weighted by Gasteiger charge is -2.37. The highest BCUT2D eigenvalue weighted by Crippen LogP contribution is 2.25. The lowest BCUT2D eigenvalue weighted by molar-refractivity contribution is -0.138. The molecule has 1 aromatic rings. The van der Waals surface area contributed by atoms with E-state index >= 15 is 0 Å². The van der Waals surface area contributed by atoms with E-state index in [0.717, 1.165) is 12.8 Å². The molecule has 0 atom stereocenters. The first-order valence-corrected chi connectivity index (χ1v) is 9.81. The maximum Gasteiger partial charge on any atom is 0.253 e. The molecule has 0 saturated carbocycles. The molecule has 0 radical (unpaired) electrons. The van der Waals surface area contributed by atoms with Crippen LogP contribution >= 0.6 is 11.6 Å². The summed E-state index contributed by atoms with van der Waals surface area (Å²) in [7, 11) is 0. The number of benzene rings is 1. The Kier molecular flexibility index (Phi) is 7.47. The number of rotatable bonds is 7. The van der Waals surface area contributed by atoms with Gasteiger partial charge in [0.2, 0.25) is 5.91 Å². The third-order valence-corrected chi connectivity index (χ3v) is 5.17. The van der Waals surface area contributed by atoms with E-state index in [2.05, 4.69) is 0 Å². The Morgan fingerprint density at radius 2 is 1.50 bits per heavy atom. The summed E-state index contributed by atoms with van der Waals surface area (Å²) in [6.07, 6.45) is 3.16. The summed E-state index contributed by atoms with van der Waals surface area (Å²) in [5.41, 5.74) is -0.300. The molecule has 2 amide bonds. The molecule has 0 spiro atoms. The van der Waals surface area contributed by atoms with Crippen molar-refractivity contribution in [1.29, 1.82) is 0 Å². The van der Waals surface area contributed by atoms with Gasteiger partial charge in [-0.05, 0) is 37.1 Å². The van der Waals surface area contributed by atoms with Crippen molar-refractivity contribution >= 4 is 23.4 Å². The molecule has 1 fully saturated rings. The van der Waals surface area contributed by atoms with E-state index in [4.69, 9.17) is 11.6 Å². The van der Waals surface area contributed by atoms with E-state index in [9.17, 15) is 14.7 Å². The van der Waals surface area contributed by atoms with Crippen LogP contribution in [0.25, 0.3) is 0 Å². The lowest BCUT2D eigenvalue weighted by Crippen LogP contribution is -2.52. The Morgan fingerprint density at radius 3 is 2.00 bits per heavy atom. The van der Waals surface area contributed by atoms with Crippen LogP contribution in [0.15, 0.2) is 24.3 Å². The Labute approximate surface area is 160 Å². The molecule has 0 unspecified atom stereocenters. The summed E-state index contributed by atoms with van der Waals surface area (Å²) in [6.45, 7) is 6.07. The van der Waals surface area contributed by atoms with Crippen LogP contribution in [-0.2, 0) is 4.79 Å². The van der Waals surface area contributed by atoms with Gasteiger partial charge < -0.3 is 14.9 Å². The molecule has 0 aliphatic carbocycles. The molecule has 1 N–H and O–H groups in total. The molecule has 5 nitrogen and oxygen atoms in total. The van der Waals surface area contributed by atoms with Gasteiger partial charge in [-0.2, -0.15) is 0 Å². The van der Waals surface area contributed by atoms with Crippen LogP contribution in [0.3, 0.4) is 0 Å². The fourth-order valence-electron chi connectivity index (χ4n) is 3.56. The highest BCUT2D eigenvalue weighted by Gasteiger charge is 2.32. The molecule has 0 bridgehead atoms. The van der Waals surface area contributed by atoms with E-state index < -0.39 is 5.60 Å². The summed E-state index contributed by atoms with van der Waals surface area (Å²) in [6, 6.07) is 6.85. The minimum Gasteiger partial charge on any atom is -0.389 e. The standard InChI is InChI=1S/C20H29ClN2O3/c1-3-9-20(26,10-4-2)15-18(24)22-11-13-23(14-12-22)19(25)16-5-7-17(21)8-6-16/h5-8,26H,3-4,9-15H2,1-2H3. The second kappa shape index (κ2) is 9.38. The second-order valence-corrected chi connectivity index (χ2v) is 7.52. The number of aliphatic hydroxyl groups is 1. The molecule has 1 aliphatic rings. The predicted octanol–water partition coefficient (Wildman–Crippen LogP) is 3.35. The van der Waals surface area contributed by atoms with E-state index in [1.54, 1.807) is 34.1 Å². The van der Waals surface area contributed by atoms with Gasteiger partial charge >= 0.3 is 0 Å². The van der Waals surface area contributed by atoms with Gasteiger partial charge in [0.05, 0.1) is 12.0 Å². The van der Waals surface area contributed by atoms with Gasteiger partial charge in [0.25, 0.3) is 5.91 Å². The van der Waals surface area contributed by atoms with E-state index in [0.29, 0.717) is 49.6 Å². The van der Waals surface area contributed by atoms with Crippen LogP contribution in [0.1, 0.15) is 56.3 Å². The molecule has 1 aromatic carbocycles. The zero-order chi connectivity index (χ0) is 19.2. The van der Waals surface area contributed by atoms with Crippen LogP contribution < -0.4 is 0 Å². The molecule has 0 aromatic heterocycles. The number of nitrogens with zero attached hydrogens (tertiary/aromatic N) is 2. The minimum atomic E-state index is -0.906. The molecule has 144 valence electrons. The van der Waals surface area contributed by atoms with Crippen LogP contribution in [0.2, 0.25) is 5.02 Å². The maximum atomic E-state index is 12.6. The highest BCUT2D eigenvalue weighted by atomic mass is 35.5. The summed E-state index contributed by atoms with van der Waals surface area (Å²) >= 11 is 5.86. The molecule has 1 aliphatic heterocycles. The lowest BCUT2D eigenvalue weighted by atomic mass is 9.88. The third kappa shape index (κ3) is 5.45. The maximum absolute atomic E-state index is 12.6. The van der Waals surface area contributed by atoms with Gasteiger partial charge in [-0.25, -0.2) is 0 Å². The first-order valence-electron chi connectivity index (χ1n) is 9.43. The predicted molar refractivity (Wildman–Crippen MR) is 103 cm³/mol. The Morgan fingerprint density at radius 1 is 1.00 bits per heavy atom. The summed E-state index contributed by atoms with van der Waals surface area (Å²) in [5, 5.41) is 11.3. The second-order valence-electron chi connectivity index (χ2n) is 7.08. The van der Waals surface area contributed by atoms with Crippen molar-refractivity contribution in [2.75, 3.05) is 26.2 Å². The summed E-state index contributed by atoms with van der Waals surface area (Å²) < 4.78 is 0. The van der Waals surface area contributed by atoms with E-state index in [-0.39, 0.29) is 18.2 Å². The first-order chi connectivity index (χ1) is 12.4. The quantitative estimate of drug-likeness (QED) is 0.789. The number of carbonyl (C=O) groups excluding carboxylic acids is 2. The summed E-state index contributed by atoms with van der Waals surface area (Å²) in [5.74, 6) is -0.0600. The fourth-order valence-corrected chi connectivity index (χ4v) is 3.69. The van der Waals surface area contributed by atoms with Gasteiger partial charge in [0.15, 0.2) is 0 Å². The molecule has 6 heteroatoms. The highest BCUT2D eigenvalue weighted by molar-refractivity contribution is 6.30. The Hall–Kier alpha value is -1.59. The molecule has 1 saturated heterocycles. The number of hydrogen-bond donors (Lipinski definition) is 1. The van der Waals surface area contributed by atoms with Gasteiger partial charge in [0, 0.05) is 36.8 Å². The molecule has 1 heterocycles. The average Bonchev–Trinajstić information content (AvgIpc) is 2.62. The largest absolute Gasteiger partial charge is 0.389 e. The van der Waals surface area contributed by atoms with Gasteiger partial charge in [-0.15, -0.1) is 0 Å². The zero-order valence-corrected chi connectivity index (χ0v) is 16.5. The molecule has 2 rings (SSSR count). The average molecular weight is 381 g/mol. The van der Waals surface area contributed by atoms with Crippen molar-refractivity contribution in [1.82, 2.24) is 9.80 Å². The minimum absolute atomic E-state index is 0.0204. The topological polar surface area (TPSA) is 60.9 Å². The van der Waals surface area contributed by atoms with Crippen molar-refractivity contribution in [3.05, 3.63) is 34.9 Å². The Bertz CT molecular complexity index is 604. The zero-order valence-electron chi connectivity index (χ0n) is 15.7. The van der Waals surface area contributed by atoms with Crippen molar-refractivity contribution in [2.45, 2.75) is 51.6 Å². The third-order valence-electron chi connectivity index (χ3n) is 4.92. The number of halogens is 1.